The fraction of sp³-hybridized carbons (Fsp3) is 0.857. The van der Waals surface area contributed by atoms with E-state index >= 15 is 0 Å². The largest absolute Gasteiger partial charge is 0.378 e. The van der Waals surface area contributed by atoms with E-state index in [9.17, 15) is 0 Å². The fourth-order valence-electron chi connectivity index (χ4n) is 1.31. The lowest BCUT2D eigenvalue weighted by molar-refractivity contribution is 0.146. The van der Waals surface area contributed by atoms with Crippen molar-refractivity contribution in [3.63, 3.8) is 0 Å². The molecule has 20 heavy (non-hydrogen) atoms. The second-order valence-corrected chi connectivity index (χ2v) is 4.33. The van der Waals surface area contributed by atoms with Crippen molar-refractivity contribution in [2.24, 2.45) is 16.6 Å². The van der Waals surface area contributed by atoms with Crippen molar-refractivity contribution >= 4 is 5.96 Å². The molecule has 0 atom stereocenters. The van der Waals surface area contributed by atoms with E-state index in [-0.39, 0.29) is 0 Å². The van der Waals surface area contributed by atoms with Gasteiger partial charge in [-0.05, 0) is 18.8 Å². The lowest BCUT2D eigenvalue weighted by Gasteiger charge is -2.08. The Morgan fingerprint density at radius 2 is 2.05 bits per heavy atom. The Balaban J connectivity index is 0. The fourth-order valence-corrected chi connectivity index (χ4v) is 1.31. The maximum Gasteiger partial charge on any atom is 0.204 e. The number of hydrogen-bond donors (Lipinski definition) is 3. The van der Waals surface area contributed by atoms with E-state index < -0.39 is 0 Å². The van der Waals surface area contributed by atoms with Gasteiger partial charge in [0.05, 0.1) is 13.2 Å². The van der Waals surface area contributed by atoms with Crippen LogP contribution in [-0.4, -0.2) is 38.8 Å². The Kier molecular flexibility index (Phi) is 18.6. The summed E-state index contributed by atoms with van der Waals surface area (Å²) in [6.07, 6.45) is 4.03. The molecule has 0 aromatic rings. The highest BCUT2D eigenvalue weighted by atomic mass is 16.5. The van der Waals surface area contributed by atoms with Gasteiger partial charge in [0.25, 0.3) is 0 Å². The lowest BCUT2D eigenvalue weighted by Crippen LogP contribution is -2.37. The van der Waals surface area contributed by atoms with Gasteiger partial charge in [-0.3, -0.25) is 10.3 Å². The number of nitrogens with two attached hydrogens (primary N) is 1. The van der Waals surface area contributed by atoms with Crippen molar-refractivity contribution < 1.29 is 4.74 Å². The molecule has 0 aromatic heterocycles. The van der Waals surface area contributed by atoms with Crippen molar-refractivity contribution in [2.75, 3.05) is 32.8 Å². The third-order valence-electron chi connectivity index (χ3n) is 2.18. The first kappa shape index (κ1) is 21.0. The van der Waals surface area contributed by atoms with Crippen LogP contribution in [0.2, 0.25) is 0 Å². The van der Waals surface area contributed by atoms with Crippen LogP contribution in [-0.2, 0) is 4.74 Å². The number of nitrogens with one attached hydrogen (secondary N) is 2. The van der Waals surface area contributed by atoms with E-state index in [0.717, 1.165) is 19.4 Å². The standard InChI is InChI=1S/C12H25N5O.C2H6/c1-11(2)4-3-6-15-12(17-10-14)16-7-9-18-8-5-13;1-2/h11H,3-9,13H2,1-2H3,(H2,15,16,17);1-2H3. The SMILES string of the molecule is CC.CC(C)CCCN=C(NC#N)NCCOCCN. The number of nitrogens with zero attached hydrogens (tertiary/aromatic N) is 2. The van der Waals surface area contributed by atoms with Gasteiger partial charge in [-0.2, -0.15) is 5.26 Å². The number of ether oxygens (including phenoxy) is 1. The molecular formula is C14H31N5O. The molecule has 0 aromatic carbocycles. The van der Waals surface area contributed by atoms with Crippen LogP contribution in [0, 0.1) is 17.4 Å². The van der Waals surface area contributed by atoms with Crippen molar-refractivity contribution in [1.29, 1.82) is 5.26 Å². The van der Waals surface area contributed by atoms with Crippen LogP contribution in [0.15, 0.2) is 4.99 Å². The molecule has 0 heterocycles. The maximum atomic E-state index is 8.59. The van der Waals surface area contributed by atoms with E-state index in [0.29, 0.717) is 38.2 Å². The summed E-state index contributed by atoms with van der Waals surface area (Å²) in [5.41, 5.74) is 5.30. The minimum absolute atomic E-state index is 0.512. The van der Waals surface area contributed by atoms with Gasteiger partial charge in [0.2, 0.25) is 5.96 Å². The van der Waals surface area contributed by atoms with E-state index in [1.54, 1.807) is 0 Å². The molecule has 0 saturated carbocycles. The molecule has 118 valence electrons. The van der Waals surface area contributed by atoms with Crippen LogP contribution in [0.4, 0.5) is 0 Å². The highest BCUT2D eigenvalue weighted by molar-refractivity contribution is 5.81. The van der Waals surface area contributed by atoms with E-state index in [4.69, 9.17) is 15.7 Å². The Bertz CT molecular complexity index is 261. The van der Waals surface area contributed by atoms with Crippen LogP contribution >= 0.6 is 0 Å². The first-order valence-electron chi connectivity index (χ1n) is 7.42. The normalized spacial score (nSPS) is 10.6. The monoisotopic (exact) mass is 285 g/mol. The average molecular weight is 285 g/mol. The molecule has 4 N–H and O–H groups in total. The van der Waals surface area contributed by atoms with Gasteiger partial charge in [0.15, 0.2) is 6.19 Å². The smallest absolute Gasteiger partial charge is 0.204 e. The summed E-state index contributed by atoms with van der Waals surface area (Å²) >= 11 is 0. The maximum absolute atomic E-state index is 8.59. The second kappa shape index (κ2) is 17.7. The molecule has 0 spiro atoms. The molecule has 0 amide bonds. The highest BCUT2D eigenvalue weighted by Crippen LogP contribution is 2.02. The van der Waals surface area contributed by atoms with Gasteiger partial charge in [-0.1, -0.05) is 27.7 Å². The first-order valence-corrected chi connectivity index (χ1v) is 7.42. The van der Waals surface area contributed by atoms with Crippen molar-refractivity contribution in [1.82, 2.24) is 10.6 Å². The zero-order valence-electron chi connectivity index (χ0n) is 13.4. The summed E-state index contributed by atoms with van der Waals surface area (Å²) in [6, 6.07) is 0. The van der Waals surface area contributed by atoms with Crippen molar-refractivity contribution in [3.05, 3.63) is 0 Å². The minimum atomic E-state index is 0.512. The number of nitriles is 1. The molecular weight excluding hydrogens is 254 g/mol. The zero-order valence-corrected chi connectivity index (χ0v) is 13.4. The van der Waals surface area contributed by atoms with Crippen LogP contribution in [0.25, 0.3) is 0 Å². The number of hydrogen-bond acceptors (Lipinski definition) is 4. The van der Waals surface area contributed by atoms with Gasteiger partial charge in [-0.15, -0.1) is 0 Å². The Labute approximate surface area is 123 Å². The number of aliphatic imine (C=N–C) groups is 1. The number of guanidine groups is 1. The van der Waals surface area contributed by atoms with E-state index in [1.807, 2.05) is 20.0 Å². The predicted octanol–water partition coefficient (Wildman–Crippen LogP) is 1.44. The van der Waals surface area contributed by atoms with Crippen LogP contribution in [0.3, 0.4) is 0 Å². The third-order valence-corrected chi connectivity index (χ3v) is 2.18. The second-order valence-electron chi connectivity index (χ2n) is 4.33. The Morgan fingerprint density at radius 1 is 1.35 bits per heavy atom. The first-order chi connectivity index (χ1) is 9.70. The van der Waals surface area contributed by atoms with Crippen LogP contribution in [0.5, 0.6) is 0 Å². The summed E-state index contributed by atoms with van der Waals surface area (Å²) in [6.45, 7) is 11.3. The molecule has 0 fully saturated rings. The molecule has 0 rings (SSSR count). The van der Waals surface area contributed by atoms with Gasteiger partial charge in [0.1, 0.15) is 0 Å². The Morgan fingerprint density at radius 3 is 2.60 bits per heavy atom. The molecule has 0 radical (unpaired) electrons. The average Bonchev–Trinajstić information content (AvgIpc) is 2.45. The Hall–Kier alpha value is -1.32. The quantitative estimate of drug-likeness (QED) is 0.196. The lowest BCUT2D eigenvalue weighted by atomic mass is 10.1. The summed E-state index contributed by atoms with van der Waals surface area (Å²) in [5, 5.41) is 14.1. The molecule has 0 bridgehead atoms. The zero-order chi connectivity index (χ0) is 15.6. The van der Waals surface area contributed by atoms with Crippen LogP contribution < -0.4 is 16.4 Å². The topological polar surface area (TPSA) is 95.5 Å². The van der Waals surface area contributed by atoms with Crippen LogP contribution in [0.1, 0.15) is 40.5 Å². The summed E-state index contributed by atoms with van der Waals surface area (Å²) in [7, 11) is 0. The predicted molar refractivity (Wildman–Crippen MR) is 84.3 cm³/mol. The molecule has 0 aliphatic heterocycles. The summed E-state index contributed by atoms with van der Waals surface area (Å²) in [4.78, 5) is 4.29. The summed E-state index contributed by atoms with van der Waals surface area (Å²) < 4.78 is 5.22. The van der Waals surface area contributed by atoms with Gasteiger partial charge >= 0.3 is 0 Å². The van der Waals surface area contributed by atoms with Crippen molar-refractivity contribution in [2.45, 2.75) is 40.5 Å². The number of rotatable bonds is 9. The molecule has 0 unspecified atom stereocenters. The van der Waals surface area contributed by atoms with E-state index in [1.165, 1.54) is 0 Å². The minimum Gasteiger partial charge on any atom is -0.378 e. The van der Waals surface area contributed by atoms with Gasteiger partial charge < -0.3 is 15.8 Å². The highest BCUT2D eigenvalue weighted by Gasteiger charge is 1.97. The summed E-state index contributed by atoms with van der Waals surface area (Å²) in [5.74, 6) is 1.20. The van der Waals surface area contributed by atoms with Gasteiger partial charge in [-0.25, -0.2) is 0 Å². The van der Waals surface area contributed by atoms with Gasteiger partial charge in [0, 0.05) is 19.6 Å². The molecule has 6 heteroatoms. The molecule has 6 nitrogen and oxygen atoms in total. The van der Waals surface area contributed by atoms with E-state index in [2.05, 4.69) is 29.5 Å². The molecule has 0 aliphatic rings. The third kappa shape index (κ3) is 16.7. The molecule has 0 saturated heterocycles. The molecule has 0 aliphatic carbocycles. The van der Waals surface area contributed by atoms with Crippen molar-refractivity contribution in [3.8, 4) is 6.19 Å².